The normalized spacial score (nSPS) is 10.1. The minimum atomic E-state index is 0.0989. The van der Waals surface area contributed by atoms with Crippen LogP contribution in [0, 0.1) is 6.92 Å². The first-order valence-electron chi connectivity index (χ1n) is 3.95. The van der Waals surface area contributed by atoms with Crippen LogP contribution in [0.4, 0.5) is 0 Å². The van der Waals surface area contributed by atoms with E-state index in [1.165, 1.54) is 12.3 Å². The van der Waals surface area contributed by atoms with Crippen LogP contribution in [0.3, 0.4) is 0 Å². The molecule has 0 fully saturated rings. The number of hydrogen-bond acceptors (Lipinski definition) is 6. The molecule has 2 rings (SSSR count). The van der Waals surface area contributed by atoms with Gasteiger partial charge in [-0.2, -0.15) is 0 Å². The molecule has 6 nitrogen and oxygen atoms in total. The van der Waals surface area contributed by atoms with E-state index in [0.29, 0.717) is 17.3 Å². The molecule has 0 spiro atoms. The molecule has 0 atom stereocenters. The third-order valence-electron chi connectivity index (χ3n) is 1.56. The molecule has 0 aliphatic heterocycles. The highest BCUT2D eigenvalue weighted by atomic mass is 16.3. The average molecular weight is 189 g/mol. The number of aromatic hydroxyl groups is 1. The van der Waals surface area contributed by atoms with Crippen LogP contribution in [0.15, 0.2) is 18.3 Å². The Kier molecular flexibility index (Phi) is 2.02. The fourth-order valence-electron chi connectivity index (χ4n) is 0.900. The van der Waals surface area contributed by atoms with Crippen molar-refractivity contribution < 1.29 is 5.11 Å². The zero-order valence-corrected chi connectivity index (χ0v) is 7.42. The molecule has 0 aliphatic carbocycles. The molecule has 0 amide bonds. The SMILES string of the molecule is Cc1nnc(-c2ccc(O)cn2)nn1. The summed E-state index contributed by atoms with van der Waals surface area (Å²) >= 11 is 0. The van der Waals surface area contributed by atoms with E-state index in [1.54, 1.807) is 13.0 Å². The van der Waals surface area contributed by atoms with Crippen LogP contribution in [0.5, 0.6) is 5.75 Å². The number of rotatable bonds is 1. The predicted molar refractivity (Wildman–Crippen MR) is 47.3 cm³/mol. The van der Waals surface area contributed by atoms with E-state index in [1.807, 2.05) is 0 Å². The lowest BCUT2D eigenvalue weighted by Gasteiger charge is -1.96. The number of pyridine rings is 1. The van der Waals surface area contributed by atoms with Gasteiger partial charge in [0.1, 0.15) is 11.4 Å². The topological polar surface area (TPSA) is 84.7 Å². The fraction of sp³-hybridized carbons (Fsp3) is 0.125. The fourth-order valence-corrected chi connectivity index (χ4v) is 0.900. The lowest BCUT2D eigenvalue weighted by molar-refractivity contribution is 0.473. The van der Waals surface area contributed by atoms with E-state index in [4.69, 9.17) is 5.11 Å². The van der Waals surface area contributed by atoms with Crippen molar-refractivity contribution in [3.63, 3.8) is 0 Å². The Labute approximate surface area is 79.7 Å². The van der Waals surface area contributed by atoms with Crippen LogP contribution in [0.2, 0.25) is 0 Å². The molecule has 0 radical (unpaired) electrons. The van der Waals surface area contributed by atoms with Crippen molar-refractivity contribution in [2.75, 3.05) is 0 Å². The molecule has 0 saturated carbocycles. The summed E-state index contributed by atoms with van der Waals surface area (Å²) in [5.74, 6) is 0.949. The summed E-state index contributed by atoms with van der Waals surface area (Å²) in [5.41, 5.74) is 0.530. The van der Waals surface area contributed by atoms with Crippen LogP contribution in [-0.2, 0) is 0 Å². The Morgan fingerprint density at radius 3 is 2.36 bits per heavy atom. The molecule has 0 aromatic carbocycles. The van der Waals surface area contributed by atoms with Gasteiger partial charge in [0.2, 0.25) is 5.82 Å². The minimum Gasteiger partial charge on any atom is -0.506 e. The maximum Gasteiger partial charge on any atom is 0.221 e. The van der Waals surface area contributed by atoms with E-state index in [0.717, 1.165) is 0 Å². The van der Waals surface area contributed by atoms with Gasteiger partial charge in [-0.05, 0) is 19.1 Å². The Hall–Kier alpha value is -2.11. The number of aromatic nitrogens is 5. The van der Waals surface area contributed by atoms with Gasteiger partial charge in [0.15, 0.2) is 5.82 Å². The lowest BCUT2D eigenvalue weighted by atomic mass is 10.3. The monoisotopic (exact) mass is 189 g/mol. The summed E-state index contributed by atoms with van der Waals surface area (Å²) in [6, 6.07) is 3.11. The van der Waals surface area contributed by atoms with Gasteiger partial charge < -0.3 is 5.11 Å². The van der Waals surface area contributed by atoms with Crippen molar-refractivity contribution in [1.82, 2.24) is 25.4 Å². The molecule has 14 heavy (non-hydrogen) atoms. The largest absolute Gasteiger partial charge is 0.506 e. The molecule has 0 saturated heterocycles. The standard InChI is InChI=1S/C8H7N5O/c1-5-10-12-8(13-11-5)7-3-2-6(14)4-9-7/h2-4,14H,1H3. The molecule has 2 aromatic rings. The first-order valence-corrected chi connectivity index (χ1v) is 3.95. The highest BCUT2D eigenvalue weighted by Gasteiger charge is 2.03. The van der Waals surface area contributed by atoms with Gasteiger partial charge in [0.05, 0.1) is 6.20 Å². The smallest absolute Gasteiger partial charge is 0.221 e. The first-order chi connectivity index (χ1) is 6.75. The molecular formula is C8H7N5O. The highest BCUT2D eigenvalue weighted by Crippen LogP contribution is 2.12. The number of nitrogens with zero attached hydrogens (tertiary/aromatic N) is 5. The molecule has 0 unspecified atom stereocenters. The van der Waals surface area contributed by atoms with Crippen LogP contribution >= 0.6 is 0 Å². The van der Waals surface area contributed by atoms with E-state index < -0.39 is 0 Å². The van der Waals surface area contributed by atoms with Gasteiger partial charge in [0.25, 0.3) is 0 Å². The van der Waals surface area contributed by atoms with E-state index >= 15 is 0 Å². The van der Waals surface area contributed by atoms with Crippen molar-refractivity contribution in [2.45, 2.75) is 6.92 Å². The van der Waals surface area contributed by atoms with Crippen molar-refractivity contribution in [3.8, 4) is 17.3 Å². The molecule has 0 aliphatic rings. The van der Waals surface area contributed by atoms with E-state index in [9.17, 15) is 0 Å². The van der Waals surface area contributed by atoms with Gasteiger partial charge in [0, 0.05) is 0 Å². The van der Waals surface area contributed by atoms with Crippen LogP contribution in [-0.4, -0.2) is 30.5 Å². The van der Waals surface area contributed by atoms with Crippen molar-refractivity contribution >= 4 is 0 Å². The van der Waals surface area contributed by atoms with Crippen molar-refractivity contribution in [1.29, 1.82) is 0 Å². The zero-order chi connectivity index (χ0) is 9.97. The predicted octanol–water partition coefficient (Wildman–Crippen LogP) is 0.343. The van der Waals surface area contributed by atoms with Gasteiger partial charge in [-0.1, -0.05) is 0 Å². The Morgan fingerprint density at radius 2 is 1.79 bits per heavy atom. The molecule has 6 heteroatoms. The average Bonchev–Trinajstić information content (AvgIpc) is 2.21. The number of hydrogen-bond donors (Lipinski definition) is 1. The van der Waals surface area contributed by atoms with Gasteiger partial charge in [-0.3, -0.25) is 0 Å². The molecule has 0 bridgehead atoms. The summed E-state index contributed by atoms with van der Waals surface area (Å²) in [7, 11) is 0. The second kappa shape index (κ2) is 3.33. The Balaban J connectivity index is 2.40. The van der Waals surface area contributed by atoms with Gasteiger partial charge >= 0.3 is 0 Å². The molecular weight excluding hydrogens is 182 g/mol. The number of aryl methyl sites for hydroxylation is 1. The van der Waals surface area contributed by atoms with Gasteiger partial charge in [-0.25, -0.2) is 4.98 Å². The summed E-state index contributed by atoms with van der Waals surface area (Å²) in [6.07, 6.45) is 1.32. The summed E-state index contributed by atoms with van der Waals surface area (Å²) in [4.78, 5) is 3.92. The van der Waals surface area contributed by atoms with Crippen LogP contribution < -0.4 is 0 Å². The third-order valence-corrected chi connectivity index (χ3v) is 1.56. The van der Waals surface area contributed by atoms with Crippen LogP contribution in [0.25, 0.3) is 11.5 Å². The Bertz CT molecular complexity index is 381. The van der Waals surface area contributed by atoms with E-state index in [-0.39, 0.29) is 5.75 Å². The molecule has 70 valence electrons. The summed E-state index contributed by atoms with van der Waals surface area (Å²) < 4.78 is 0. The van der Waals surface area contributed by atoms with Crippen molar-refractivity contribution in [3.05, 3.63) is 24.2 Å². The maximum atomic E-state index is 9.01. The van der Waals surface area contributed by atoms with Gasteiger partial charge in [-0.15, -0.1) is 20.4 Å². The Morgan fingerprint density at radius 1 is 1.07 bits per heavy atom. The molecule has 1 N–H and O–H groups in total. The van der Waals surface area contributed by atoms with Crippen LogP contribution in [0.1, 0.15) is 5.82 Å². The zero-order valence-electron chi connectivity index (χ0n) is 7.42. The minimum absolute atomic E-state index is 0.0989. The van der Waals surface area contributed by atoms with Crippen molar-refractivity contribution in [2.24, 2.45) is 0 Å². The first kappa shape index (κ1) is 8.49. The molecule has 2 aromatic heterocycles. The van der Waals surface area contributed by atoms with E-state index in [2.05, 4.69) is 25.4 Å². The third kappa shape index (κ3) is 1.63. The molecule has 2 heterocycles. The second-order valence-electron chi connectivity index (χ2n) is 2.67. The highest BCUT2D eigenvalue weighted by molar-refractivity contribution is 5.47. The summed E-state index contributed by atoms with van der Waals surface area (Å²) in [6.45, 7) is 1.70. The summed E-state index contributed by atoms with van der Waals surface area (Å²) in [5, 5.41) is 24.1. The quantitative estimate of drug-likeness (QED) is 0.696. The lowest BCUT2D eigenvalue weighted by Crippen LogP contribution is -1.99. The second-order valence-corrected chi connectivity index (χ2v) is 2.67. The maximum absolute atomic E-state index is 9.01.